The first-order valence-electron chi connectivity index (χ1n) is 3.72. The summed E-state index contributed by atoms with van der Waals surface area (Å²) >= 11 is 7.15. The van der Waals surface area contributed by atoms with E-state index in [1.165, 1.54) is 19.2 Å². The van der Waals surface area contributed by atoms with Gasteiger partial charge in [0.05, 0.1) is 22.1 Å². The van der Waals surface area contributed by atoms with Gasteiger partial charge in [-0.1, -0.05) is 0 Å². The van der Waals surface area contributed by atoms with Gasteiger partial charge in [-0.2, -0.15) is 0 Å². The second-order valence-electron chi connectivity index (χ2n) is 2.53. The van der Waals surface area contributed by atoms with Gasteiger partial charge in [-0.05, 0) is 34.7 Å². The molecule has 0 atom stereocenters. The van der Waals surface area contributed by atoms with Crippen molar-refractivity contribution in [2.45, 2.75) is 0 Å². The van der Waals surface area contributed by atoms with Gasteiger partial charge in [0.1, 0.15) is 11.6 Å². The van der Waals surface area contributed by atoms with Crippen LogP contribution in [0.4, 0.5) is 4.39 Å². The van der Waals surface area contributed by atoms with E-state index in [4.69, 9.17) is 16.3 Å². The van der Waals surface area contributed by atoms with Gasteiger partial charge < -0.3 is 4.74 Å². The number of carbonyl (C=O) groups is 1. The summed E-state index contributed by atoms with van der Waals surface area (Å²) in [5.41, 5.74) is -0.0243. The topological polar surface area (TPSA) is 26.3 Å². The molecule has 5 heteroatoms. The molecule has 0 heterocycles. The van der Waals surface area contributed by atoms with E-state index in [1.807, 2.05) is 0 Å². The van der Waals surface area contributed by atoms with Crippen LogP contribution in [0.25, 0.3) is 0 Å². The van der Waals surface area contributed by atoms with Gasteiger partial charge in [0, 0.05) is 0 Å². The first-order valence-corrected chi connectivity index (χ1v) is 5.33. The molecule has 0 aliphatic rings. The standard InChI is InChI=1S/C9H7ClFIO2/c1-14-5-2-6(8(13)4-10)9(11)7(12)3-5/h2-3H,4H2,1H3. The van der Waals surface area contributed by atoms with Crippen LogP contribution in [0, 0.1) is 9.39 Å². The summed E-state index contributed by atoms with van der Waals surface area (Å²) in [5, 5.41) is 0. The van der Waals surface area contributed by atoms with Crippen LogP contribution in [0.2, 0.25) is 0 Å². The van der Waals surface area contributed by atoms with Crippen LogP contribution in [0.5, 0.6) is 5.75 Å². The van der Waals surface area contributed by atoms with Gasteiger partial charge in [0.15, 0.2) is 5.78 Å². The molecule has 0 radical (unpaired) electrons. The highest BCUT2D eigenvalue weighted by atomic mass is 127. The molecular formula is C9H7ClFIO2. The Morgan fingerprint density at radius 2 is 2.29 bits per heavy atom. The average molecular weight is 329 g/mol. The Bertz CT molecular complexity index is 368. The summed E-state index contributed by atoms with van der Waals surface area (Å²) in [4.78, 5) is 11.2. The van der Waals surface area contributed by atoms with Crippen LogP contribution < -0.4 is 4.74 Å². The van der Waals surface area contributed by atoms with E-state index in [0.29, 0.717) is 9.32 Å². The lowest BCUT2D eigenvalue weighted by atomic mass is 10.1. The minimum absolute atomic E-state index is 0.0243. The van der Waals surface area contributed by atoms with Crippen molar-refractivity contribution < 1.29 is 13.9 Å². The number of ketones is 1. The minimum atomic E-state index is -0.544. The number of benzene rings is 1. The van der Waals surface area contributed by atoms with Gasteiger partial charge in [0.25, 0.3) is 0 Å². The van der Waals surface area contributed by atoms with E-state index in [0.717, 1.165) is 0 Å². The third-order valence-electron chi connectivity index (χ3n) is 1.66. The lowest BCUT2D eigenvalue weighted by Crippen LogP contribution is -2.05. The maximum absolute atomic E-state index is 13.4. The first kappa shape index (κ1) is 11.7. The molecule has 0 saturated heterocycles. The van der Waals surface area contributed by atoms with E-state index < -0.39 is 11.6 Å². The van der Waals surface area contributed by atoms with Crippen LogP contribution in [0.1, 0.15) is 10.4 Å². The number of alkyl halides is 1. The number of hydrogen-bond acceptors (Lipinski definition) is 2. The van der Waals surface area contributed by atoms with Crippen molar-refractivity contribution in [1.29, 1.82) is 0 Å². The monoisotopic (exact) mass is 328 g/mol. The third-order valence-corrected chi connectivity index (χ3v) is 2.69. The Morgan fingerprint density at radius 3 is 2.79 bits per heavy atom. The van der Waals surface area contributed by atoms with E-state index >= 15 is 0 Å². The third kappa shape index (κ3) is 2.36. The number of halogens is 3. The van der Waals surface area contributed by atoms with Gasteiger partial charge in [-0.15, -0.1) is 11.6 Å². The lowest BCUT2D eigenvalue weighted by molar-refractivity contribution is 0.101. The molecule has 0 bridgehead atoms. The van der Waals surface area contributed by atoms with Gasteiger partial charge >= 0.3 is 0 Å². The molecule has 0 aliphatic heterocycles. The van der Waals surface area contributed by atoms with Crippen LogP contribution in [0.3, 0.4) is 0 Å². The minimum Gasteiger partial charge on any atom is -0.497 e. The fraction of sp³-hybridized carbons (Fsp3) is 0.222. The summed E-state index contributed by atoms with van der Waals surface area (Å²) in [7, 11) is 1.46. The van der Waals surface area contributed by atoms with E-state index in [-0.39, 0.29) is 11.4 Å². The Hall–Kier alpha value is -0.360. The predicted molar refractivity (Wildman–Crippen MR) is 60.7 cm³/mol. The number of hydrogen-bond donors (Lipinski definition) is 0. The maximum Gasteiger partial charge on any atom is 0.180 e. The van der Waals surface area contributed by atoms with Crippen molar-refractivity contribution in [3.05, 3.63) is 27.1 Å². The van der Waals surface area contributed by atoms with Crippen molar-refractivity contribution in [2.24, 2.45) is 0 Å². The summed E-state index contributed by atoms with van der Waals surface area (Å²) in [6.45, 7) is 0. The van der Waals surface area contributed by atoms with Crippen molar-refractivity contribution in [3.63, 3.8) is 0 Å². The van der Waals surface area contributed by atoms with Gasteiger partial charge in [-0.3, -0.25) is 4.79 Å². The molecule has 0 aliphatic carbocycles. The molecule has 2 nitrogen and oxygen atoms in total. The molecule has 1 rings (SSSR count). The zero-order valence-corrected chi connectivity index (χ0v) is 10.2. The number of methoxy groups -OCH3 is 1. The van der Waals surface area contributed by atoms with E-state index in [1.54, 1.807) is 22.6 Å². The number of carbonyl (C=O) groups excluding carboxylic acids is 1. The van der Waals surface area contributed by atoms with Crippen LogP contribution in [0.15, 0.2) is 12.1 Å². The van der Waals surface area contributed by atoms with Crippen LogP contribution >= 0.6 is 34.2 Å². The summed E-state index contributed by atoms with van der Waals surface area (Å²) in [5.74, 6) is -0.775. The Balaban J connectivity index is 3.27. The van der Waals surface area contributed by atoms with Crippen molar-refractivity contribution >= 4 is 40.0 Å². The average Bonchev–Trinajstić information content (AvgIpc) is 2.20. The zero-order chi connectivity index (χ0) is 10.7. The van der Waals surface area contributed by atoms with Crippen molar-refractivity contribution in [3.8, 4) is 5.75 Å². The molecule has 0 spiro atoms. The summed E-state index contributed by atoms with van der Waals surface area (Å²) in [6, 6.07) is 2.86. The Kier molecular flexibility index (Phi) is 4.12. The lowest BCUT2D eigenvalue weighted by Gasteiger charge is -2.05. The maximum atomic E-state index is 13.4. The second kappa shape index (κ2) is 4.93. The molecule has 0 aromatic heterocycles. The van der Waals surface area contributed by atoms with Crippen LogP contribution in [-0.2, 0) is 0 Å². The number of ether oxygens (including phenoxy) is 1. The highest BCUT2D eigenvalue weighted by Gasteiger charge is 2.15. The fourth-order valence-corrected chi connectivity index (χ4v) is 1.70. The molecule has 1 aromatic carbocycles. The molecule has 0 N–H and O–H groups in total. The molecular weight excluding hydrogens is 321 g/mol. The smallest absolute Gasteiger partial charge is 0.180 e. The molecule has 1 aromatic rings. The predicted octanol–water partition coefficient (Wildman–Crippen LogP) is 2.86. The molecule has 0 amide bonds. The van der Waals surface area contributed by atoms with Gasteiger partial charge in [0.2, 0.25) is 0 Å². The highest BCUT2D eigenvalue weighted by Crippen LogP contribution is 2.23. The van der Waals surface area contributed by atoms with E-state index in [9.17, 15) is 9.18 Å². The number of Topliss-reactive ketones (excluding diaryl/α,β-unsaturated/α-hetero) is 1. The van der Waals surface area contributed by atoms with Crippen molar-refractivity contribution in [1.82, 2.24) is 0 Å². The normalized spacial score (nSPS) is 10.0. The molecule has 0 saturated carbocycles. The zero-order valence-electron chi connectivity index (χ0n) is 7.31. The molecule has 0 unspecified atom stereocenters. The Labute approximate surface area is 99.5 Å². The van der Waals surface area contributed by atoms with Gasteiger partial charge in [-0.25, -0.2) is 4.39 Å². The fourth-order valence-electron chi connectivity index (χ4n) is 0.957. The first-order chi connectivity index (χ1) is 6.60. The SMILES string of the molecule is COc1cc(I)c(F)c(C(=O)CCl)c1. The quantitative estimate of drug-likeness (QED) is 0.484. The van der Waals surface area contributed by atoms with E-state index in [2.05, 4.69) is 0 Å². The Morgan fingerprint density at radius 1 is 1.64 bits per heavy atom. The largest absolute Gasteiger partial charge is 0.497 e. The van der Waals surface area contributed by atoms with Crippen LogP contribution in [-0.4, -0.2) is 18.8 Å². The highest BCUT2D eigenvalue weighted by molar-refractivity contribution is 14.1. The second-order valence-corrected chi connectivity index (χ2v) is 3.96. The summed E-state index contributed by atoms with van der Waals surface area (Å²) in [6.07, 6.45) is 0. The molecule has 76 valence electrons. The molecule has 14 heavy (non-hydrogen) atoms. The molecule has 0 fully saturated rings. The number of rotatable bonds is 3. The van der Waals surface area contributed by atoms with Crippen molar-refractivity contribution in [2.75, 3.05) is 13.0 Å². The summed E-state index contributed by atoms with van der Waals surface area (Å²) < 4.78 is 18.7.